The van der Waals surface area contributed by atoms with Crippen molar-refractivity contribution in [1.29, 1.82) is 5.26 Å². The largest absolute Gasteiger partial charge is 0.481 e. The molecule has 62 valence electrons. The van der Waals surface area contributed by atoms with Gasteiger partial charge in [-0.05, 0) is 0 Å². The van der Waals surface area contributed by atoms with Gasteiger partial charge >= 0.3 is 0 Å². The molecule has 1 aromatic rings. The van der Waals surface area contributed by atoms with Crippen molar-refractivity contribution in [2.24, 2.45) is 0 Å². The highest BCUT2D eigenvalue weighted by Crippen LogP contribution is 2.09. The Balaban J connectivity index is 2.99. The van der Waals surface area contributed by atoms with Crippen LogP contribution in [0.3, 0.4) is 0 Å². The molecule has 0 amide bonds. The monoisotopic (exact) mass is 164 g/mol. The van der Waals surface area contributed by atoms with Gasteiger partial charge in [-0.25, -0.2) is 4.98 Å². The summed E-state index contributed by atoms with van der Waals surface area (Å²) in [5.41, 5.74) is 5.92. The molecular formula is C7H8N4O. The molecule has 0 aliphatic heterocycles. The Hall–Kier alpha value is -1.83. The summed E-state index contributed by atoms with van der Waals surface area (Å²) in [6.07, 6.45) is 0.211. The molecule has 1 aromatic heterocycles. The van der Waals surface area contributed by atoms with E-state index in [1.165, 1.54) is 7.11 Å². The summed E-state index contributed by atoms with van der Waals surface area (Å²) in [5, 5.41) is 8.38. The van der Waals surface area contributed by atoms with Crippen LogP contribution < -0.4 is 10.5 Å². The number of nitrogens with two attached hydrogens (primary N) is 1. The molecule has 1 heterocycles. The zero-order valence-corrected chi connectivity index (χ0v) is 6.61. The Morgan fingerprint density at radius 2 is 2.42 bits per heavy atom. The molecule has 0 saturated carbocycles. The number of nitrogen functional groups attached to an aromatic ring is 1. The molecule has 0 unspecified atom stereocenters. The van der Waals surface area contributed by atoms with Crippen LogP contribution in [0.1, 0.15) is 5.69 Å². The van der Waals surface area contributed by atoms with Crippen molar-refractivity contribution in [3.63, 3.8) is 0 Å². The molecule has 12 heavy (non-hydrogen) atoms. The zero-order chi connectivity index (χ0) is 8.97. The highest BCUT2D eigenvalue weighted by molar-refractivity contribution is 5.27. The zero-order valence-electron chi connectivity index (χ0n) is 6.61. The molecule has 1 rings (SSSR count). The van der Waals surface area contributed by atoms with Gasteiger partial charge in [0.2, 0.25) is 11.8 Å². The first-order valence-corrected chi connectivity index (χ1v) is 3.30. The van der Waals surface area contributed by atoms with E-state index in [2.05, 4.69) is 9.97 Å². The topological polar surface area (TPSA) is 84.8 Å². The Labute approximate surface area is 69.8 Å². The van der Waals surface area contributed by atoms with E-state index in [-0.39, 0.29) is 12.4 Å². The van der Waals surface area contributed by atoms with Crippen LogP contribution in [0.4, 0.5) is 5.95 Å². The van der Waals surface area contributed by atoms with Crippen LogP contribution in [0.5, 0.6) is 5.88 Å². The van der Waals surface area contributed by atoms with E-state index in [4.69, 9.17) is 15.7 Å². The lowest BCUT2D eigenvalue weighted by atomic mass is 10.3. The number of rotatable bonds is 2. The minimum atomic E-state index is 0.125. The first kappa shape index (κ1) is 8.27. The average Bonchev–Trinajstić information content (AvgIpc) is 2.04. The van der Waals surface area contributed by atoms with Crippen LogP contribution in [-0.4, -0.2) is 17.1 Å². The summed E-state index contributed by atoms with van der Waals surface area (Å²) < 4.78 is 4.84. The minimum Gasteiger partial charge on any atom is -0.481 e. The van der Waals surface area contributed by atoms with Gasteiger partial charge in [-0.3, -0.25) is 0 Å². The third-order valence-corrected chi connectivity index (χ3v) is 1.24. The standard InChI is InChI=1S/C7H8N4O/c1-12-6-4-5(2-3-8)10-7(9)11-6/h4H,2H2,1H3,(H2,9,10,11). The number of anilines is 1. The van der Waals surface area contributed by atoms with Crippen molar-refractivity contribution in [2.75, 3.05) is 12.8 Å². The third-order valence-electron chi connectivity index (χ3n) is 1.24. The summed E-state index contributed by atoms with van der Waals surface area (Å²) in [5.74, 6) is 0.507. The van der Waals surface area contributed by atoms with Gasteiger partial charge in [-0.15, -0.1) is 0 Å². The SMILES string of the molecule is COc1cc(CC#N)nc(N)n1. The number of methoxy groups -OCH3 is 1. The summed E-state index contributed by atoms with van der Waals surface area (Å²) in [4.78, 5) is 7.61. The van der Waals surface area contributed by atoms with Gasteiger partial charge in [0.15, 0.2) is 0 Å². The van der Waals surface area contributed by atoms with E-state index in [1.807, 2.05) is 6.07 Å². The number of nitrogens with zero attached hydrogens (tertiary/aromatic N) is 3. The Morgan fingerprint density at radius 1 is 1.67 bits per heavy atom. The highest BCUT2D eigenvalue weighted by atomic mass is 16.5. The first-order chi connectivity index (χ1) is 5.76. The number of hydrogen-bond acceptors (Lipinski definition) is 5. The number of hydrogen-bond donors (Lipinski definition) is 1. The molecule has 0 radical (unpaired) electrons. The van der Waals surface area contributed by atoms with Crippen LogP contribution in [0.15, 0.2) is 6.07 Å². The molecule has 5 nitrogen and oxygen atoms in total. The van der Waals surface area contributed by atoms with Crippen LogP contribution in [0.25, 0.3) is 0 Å². The average molecular weight is 164 g/mol. The molecule has 0 fully saturated rings. The van der Waals surface area contributed by atoms with Gasteiger partial charge in [0, 0.05) is 6.07 Å². The predicted molar refractivity (Wildman–Crippen MR) is 42.3 cm³/mol. The lowest BCUT2D eigenvalue weighted by Gasteiger charge is -2.00. The second-order valence-electron chi connectivity index (χ2n) is 2.09. The van der Waals surface area contributed by atoms with Crippen LogP contribution >= 0.6 is 0 Å². The summed E-state index contributed by atoms with van der Waals surface area (Å²) in [6.45, 7) is 0. The van der Waals surface area contributed by atoms with Crippen molar-refractivity contribution in [2.45, 2.75) is 6.42 Å². The van der Waals surface area contributed by atoms with E-state index >= 15 is 0 Å². The Bertz CT molecular complexity index is 318. The van der Waals surface area contributed by atoms with Crippen molar-refractivity contribution in [1.82, 2.24) is 9.97 Å². The number of aromatic nitrogens is 2. The van der Waals surface area contributed by atoms with Crippen molar-refractivity contribution >= 4 is 5.95 Å². The molecule has 2 N–H and O–H groups in total. The first-order valence-electron chi connectivity index (χ1n) is 3.30. The van der Waals surface area contributed by atoms with E-state index in [0.717, 1.165) is 0 Å². The summed E-state index contributed by atoms with van der Waals surface area (Å²) in [6, 6.07) is 3.54. The summed E-state index contributed by atoms with van der Waals surface area (Å²) >= 11 is 0. The van der Waals surface area contributed by atoms with Crippen LogP contribution in [0, 0.1) is 11.3 Å². The molecule has 0 spiro atoms. The molecule has 0 aliphatic carbocycles. The molecule has 0 saturated heterocycles. The molecular weight excluding hydrogens is 156 g/mol. The number of ether oxygens (including phenoxy) is 1. The fraction of sp³-hybridized carbons (Fsp3) is 0.286. The quantitative estimate of drug-likeness (QED) is 0.671. The fourth-order valence-corrected chi connectivity index (χ4v) is 0.768. The van der Waals surface area contributed by atoms with Crippen molar-refractivity contribution < 1.29 is 4.74 Å². The predicted octanol–water partition coefficient (Wildman–Crippen LogP) is 0.133. The lowest BCUT2D eigenvalue weighted by Crippen LogP contribution is -2.00. The smallest absolute Gasteiger partial charge is 0.223 e. The Morgan fingerprint density at radius 3 is 3.00 bits per heavy atom. The molecule has 0 aromatic carbocycles. The maximum absolute atomic E-state index is 8.38. The van der Waals surface area contributed by atoms with E-state index < -0.39 is 0 Å². The number of nitriles is 1. The molecule has 0 atom stereocenters. The van der Waals surface area contributed by atoms with E-state index in [9.17, 15) is 0 Å². The molecule has 5 heteroatoms. The second kappa shape index (κ2) is 3.53. The van der Waals surface area contributed by atoms with E-state index in [0.29, 0.717) is 11.6 Å². The van der Waals surface area contributed by atoms with Crippen LogP contribution in [0.2, 0.25) is 0 Å². The maximum atomic E-state index is 8.38. The van der Waals surface area contributed by atoms with Crippen molar-refractivity contribution in [3.05, 3.63) is 11.8 Å². The normalized spacial score (nSPS) is 9.00. The fourth-order valence-electron chi connectivity index (χ4n) is 0.768. The van der Waals surface area contributed by atoms with Gasteiger partial charge in [0.1, 0.15) is 0 Å². The Kier molecular flexibility index (Phi) is 2.43. The molecule has 0 aliphatic rings. The van der Waals surface area contributed by atoms with Gasteiger partial charge in [0.05, 0.1) is 25.3 Å². The minimum absolute atomic E-state index is 0.125. The van der Waals surface area contributed by atoms with Crippen molar-refractivity contribution in [3.8, 4) is 11.9 Å². The van der Waals surface area contributed by atoms with Gasteiger partial charge in [-0.1, -0.05) is 0 Å². The second-order valence-corrected chi connectivity index (χ2v) is 2.09. The van der Waals surface area contributed by atoms with Gasteiger partial charge in [0.25, 0.3) is 0 Å². The lowest BCUT2D eigenvalue weighted by molar-refractivity contribution is 0.397. The van der Waals surface area contributed by atoms with Crippen LogP contribution in [-0.2, 0) is 6.42 Å². The van der Waals surface area contributed by atoms with Gasteiger partial charge in [-0.2, -0.15) is 10.2 Å². The highest BCUT2D eigenvalue weighted by Gasteiger charge is 2.00. The maximum Gasteiger partial charge on any atom is 0.223 e. The molecule has 0 bridgehead atoms. The van der Waals surface area contributed by atoms with E-state index in [1.54, 1.807) is 6.07 Å². The van der Waals surface area contributed by atoms with Gasteiger partial charge < -0.3 is 10.5 Å². The third kappa shape index (κ3) is 1.83. The summed E-state index contributed by atoms with van der Waals surface area (Å²) in [7, 11) is 1.48.